The maximum atomic E-state index is 10.6. The van der Waals surface area contributed by atoms with Crippen LogP contribution < -0.4 is 0 Å². The van der Waals surface area contributed by atoms with Gasteiger partial charge in [0.05, 0.1) is 11.4 Å². The molecule has 0 aliphatic heterocycles. The van der Waals surface area contributed by atoms with Gasteiger partial charge in [-0.1, -0.05) is 97.1 Å². The number of phenols is 1. The molecular weight excluding hydrogens is 392 g/mol. The molecule has 0 bridgehead atoms. The molecule has 1 aliphatic carbocycles. The van der Waals surface area contributed by atoms with E-state index in [1.54, 1.807) is 6.07 Å². The molecule has 0 radical (unpaired) electrons. The van der Waals surface area contributed by atoms with Crippen LogP contribution in [0.15, 0.2) is 103 Å². The smallest absolute Gasteiger partial charge is 0.160 e. The second-order valence-corrected chi connectivity index (χ2v) is 8.02. The Balaban J connectivity index is 1.54. The molecule has 4 aromatic carbocycles. The lowest BCUT2D eigenvalue weighted by Crippen LogP contribution is -1.99. The van der Waals surface area contributed by atoms with E-state index in [1.165, 1.54) is 11.1 Å². The molecule has 0 atom stereocenters. The summed E-state index contributed by atoms with van der Waals surface area (Å²) in [4.78, 5) is 9.91. The SMILES string of the molecule is Oc1cccc2c1-c1nc(-c3ccccc3)nc(-c3ccc(-c4ccccc4)cc3)c1C2. The predicted octanol–water partition coefficient (Wildman–Crippen LogP) is 6.75. The summed E-state index contributed by atoms with van der Waals surface area (Å²) in [6, 6.07) is 34.6. The van der Waals surface area contributed by atoms with E-state index in [-0.39, 0.29) is 5.75 Å². The number of aromatic hydroxyl groups is 1. The molecule has 1 heterocycles. The Morgan fingerprint density at radius 2 is 1.12 bits per heavy atom. The summed E-state index contributed by atoms with van der Waals surface area (Å²) in [5, 5.41) is 10.6. The summed E-state index contributed by atoms with van der Waals surface area (Å²) in [6.07, 6.45) is 0.712. The maximum absolute atomic E-state index is 10.6. The van der Waals surface area contributed by atoms with Crippen molar-refractivity contribution in [1.29, 1.82) is 0 Å². The number of phenolic OH excluding ortho intramolecular Hbond substituents is 1. The minimum Gasteiger partial charge on any atom is -0.507 e. The van der Waals surface area contributed by atoms with E-state index in [1.807, 2.05) is 42.5 Å². The first-order chi connectivity index (χ1) is 15.8. The molecule has 0 saturated carbocycles. The molecule has 3 heteroatoms. The zero-order valence-corrected chi connectivity index (χ0v) is 17.4. The van der Waals surface area contributed by atoms with Gasteiger partial charge in [0.2, 0.25) is 0 Å². The van der Waals surface area contributed by atoms with Crippen molar-refractivity contribution in [3.63, 3.8) is 0 Å². The quantitative estimate of drug-likeness (QED) is 0.349. The van der Waals surface area contributed by atoms with Crippen molar-refractivity contribution >= 4 is 0 Å². The fourth-order valence-electron chi connectivity index (χ4n) is 4.46. The number of rotatable bonds is 3. The Kier molecular flexibility index (Phi) is 4.32. The van der Waals surface area contributed by atoms with Gasteiger partial charge in [-0.05, 0) is 22.8 Å². The van der Waals surface area contributed by atoms with Crippen LogP contribution in [0.1, 0.15) is 11.1 Å². The highest BCUT2D eigenvalue weighted by atomic mass is 16.3. The largest absolute Gasteiger partial charge is 0.507 e. The third kappa shape index (κ3) is 3.07. The van der Waals surface area contributed by atoms with Gasteiger partial charge in [-0.25, -0.2) is 9.97 Å². The van der Waals surface area contributed by atoms with E-state index < -0.39 is 0 Å². The Bertz CT molecular complexity index is 1430. The lowest BCUT2D eigenvalue weighted by atomic mass is 9.99. The Labute approximate surface area is 186 Å². The molecule has 5 aromatic rings. The topological polar surface area (TPSA) is 46.0 Å². The monoisotopic (exact) mass is 412 g/mol. The Hall–Kier alpha value is -4.24. The first kappa shape index (κ1) is 18.5. The van der Waals surface area contributed by atoms with Crippen LogP contribution in [-0.4, -0.2) is 15.1 Å². The summed E-state index contributed by atoms with van der Waals surface area (Å²) in [7, 11) is 0. The van der Waals surface area contributed by atoms with E-state index >= 15 is 0 Å². The van der Waals surface area contributed by atoms with Gasteiger partial charge in [-0.15, -0.1) is 0 Å². The van der Waals surface area contributed by atoms with E-state index in [9.17, 15) is 5.11 Å². The van der Waals surface area contributed by atoms with Crippen molar-refractivity contribution in [3.8, 4) is 50.8 Å². The summed E-state index contributed by atoms with van der Waals surface area (Å²) in [6.45, 7) is 0. The molecule has 0 fully saturated rings. The van der Waals surface area contributed by atoms with Crippen molar-refractivity contribution in [1.82, 2.24) is 9.97 Å². The third-order valence-electron chi connectivity index (χ3n) is 6.04. The predicted molar refractivity (Wildman–Crippen MR) is 128 cm³/mol. The molecule has 1 aromatic heterocycles. The number of aromatic nitrogens is 2. The molecular formula is C29H20N2O. The van der Waals surface area contributed by atoms with E-state index in [0.717, 1.165) is 39.2 Å². The van der Waals surface area contributed by atoms with Crippen LogP contribution in [-0.2, 0) is 6.42 Å². The zero-order valence-electron chi connectivity index (χ0n) is 17.4. The van der Waals surface area contributed by atoms with Crippen molar-refractivity contribution in [2.24, 2.45) is 0 Å². The lowest BCUT2D eigenvalue weighted by Gasteiger charge is -2.12. The zero-order chi connectivity index (χ0) is 21.5. The van der Waals surface area contributed by atoms with Gasteiger partial charge in [-0.3, -0.25) is 0 Å². The highest BCUT2D eigenvalue weighted by Crippen LogP contribution is 2.44. The molecule has 3 nitrogen and oxygen atoms in total. The van der Waals surface area contributed by atoms with Crippen LogP contribution in [0.25, 0.3) is 45.0 Å². The minimum absolute atomic E-state index is 0.268. The normalized spacial score (nSPS) is 11.8. The van der Waals surface area contributed by atoms with Crippen LogP contribution in [0.5, 0.6) is 5.75 Å². The number of nitrogens with zero attached hydrogens (tertiary/aromatic N) is 2. The fraction of sp³-hybridized carbons (Fsp3) is 0.0345. The van der Waals surface area contributed by atoms with Gasteiger partial charge in [0.1, 0.15) is 5.75 Å². The summed E-state index contributed by atoms with van der Waals surface area (Å²) < 4.78 is 0. The van der Waals surface area contributed by atoms with Crippen LogP contribution in [0, 0.1) is 0 Å². The second kappa shape index (κ2) is 7.47. The average Bonchev–Trinajstić information content (AvgIpc) is 3.24. The molecule has 32 heavy (non-hydrogen) atoms. The fourth-order valence-corrected chi connectivity index (χ4v) is 4.46. The Morgan fingerprint density at radius 1 is 0.531 bits per heavy atom. The van der Waals surface area contributed by atoms with Gasteiger partial charge in [0.25, 0.3) is 0 Å². The van der Waals surface area contributed by atoms with Gasteiger partial charge in [0, 0.05) is 28.7 Å². The third-order valence-corrected chi connectivity index (χ3v) is 6.04. The van der Waals surface area contributed by atoms with Gasteiger partial charge in [0.15, 0.2) is 5.82 Å². The van der Waals surface area contributed by atoms with Gasteiger partial charge < -0.3 is 5.11 Å². The molecule has 0 saturated heterocycles. The van der Waals surface area contributed by atoms with Crippen LogP contribution in [0.4, 0.5) is 0 Å². The van der Waals surface area contributed by atoms with Crippen LogP contribution in [0.2, 0.25) is 0 Å². The van der Waals surface area contributed by atoms with E-state index in [0.29, 0.717) is 12.2 Å². The molecule has 6 rings (SSSR count). The summed E-state index contributed by atoms with van der Waals surface area (Å²) >= 11 is 0. The van der Waals surface area contributed by atoms with Crippen molar-refractivity contribution in [2.45, 2.75) is 6.42 Å². The van der Waals surface area contributed by atoms with Gasteiger partial charge >= 0.3 is 0 Å². The number of fused-ring (bicyclic) bond motifs is 3. The van der Waals surface area contributed by atoms with E-state index in [4.69, 9.17) is 9.97 Å². The molecule has 0 spiro atoms. The minimum atomic E-state index is 0.268. The highest BCUT2D eigenvalue weighted by molar-refractivity contribution is 5.85. The standard InChI is InChI=1S/C29H20N2O/c32-25-13-7-12-23-18-24-27(21-16-14-20(15-17-21)19-8-3-1-4-9-19)30-29(31-28(24)26(23)25)22-10-5-2-6-11-22/h1-17,32H,18H2. The van der Waals surface area contributed by atoms with Crippen LogP contribution >= 0.6 is 0 Å². The Morgan fingerprint density at radius 3 is 1.84 bits per heavy atom. The first-order valence-electron chi connectivity index (χ1n) is 10.7. The van der Waals surface area contributed by atoms with Gasteiger partial charge in [-0.2, -0.15) is 0 Å². The number of hydrogen-bond donors (Lipinski definition) is 1. The first-order valence-corrected chi connectivity index (χ1v) is 10.7. The average molecular weight is 412 g/mol. The van der Waals surface area contributed by atoms with E-state index in [2.05, 4.69) is 54.6 Å². The number of hydrogen-bond acceptors (Lipinski definition) is 3. The molecule has 0 unspecified atom stereocenters. The van der Waals surface area contributed by atoms with Crippen molar-refractivity contribution in [3.05, 3.63) is 114 Å². The lowest BCUT2D eigenvalue weighted by molar-refractivity contribution is 0.477. The molecule has 0 amide bonds. The van der Waals surface area contributed by atoms with Crippen molar-refractivity contribution < 1.29 is 5.11 Å². The molecule has 1 N–H and O–H groups in total. The highest BCUT2D eigenvalue weighted by Gasteiger charge is 2.28. The summed E-state index contributed by atoms with van der Waals surface area (Å²) in [5.41, 5.74) is 9.09. The van der Waals surface area contributed by atoms with Crippen LogP contribution in [0.3, 0.4) is 0 Å². The second-order valence-electron chi connectivity index (χ2n) is 8.02. The van der Waals surface area contributed by atoms with Crippen molar-refractivity contribution in [2.75, 3.05) is 0 Å². The molecule has 152 valence electrons. The number of benzene rings is 4. The summed E-state index contributed by atoms with van der Waals surface area (Å²) in [5.74, 6) is 0.937. The molecule has 1 aliphatic rings. The maximum Gasteiger partial charge on any atom is 0.160 e.